The van der Waals surface area contributed by atoms with Crippen molar-refractivity contribution in [3.63, 3.8) is 0 Å². The maximum absolute atomic E-state index is 13.5. The Kier molecular flexibility index (Phi) is 6.96. The number of nitrogens with zero attached hydrogens (tertiary/aromatic N) is 2. The molecule has 1 saturated heterocycles. The SMILES string of the molecule is Cc1ccc(C2=C(Nc3ccc(C)c(C)c3)C(=O)N(CCCN3CCOCC3)C2=O)c(C)c1. The van der Waals surface area contributed by atoms with Crippen molar-refractivity contribution in [1.82, 2.24) is 9.80 Å². The number of imide groups is 1. The highest BCUT2D eigenvalue weighted by Gasteiger charge is 2.39. The zero-order valence-electron chi connectivity index (χ0n) is 20.0. The van der Waals surface area contributed by atoms with E-state index in [9.17, 15) is 9.59 Å². The molecule has 174 valence electrons. The summed E-state index contributed by atoms with van der Waals surface area (Å²) in [6.07, 6.45) is 0.745. The summed E-state index contributed by atoms with van der Waals surface area (Å²) in [5.74, 6) is -0.476. The van der Waals surface area contributed by atoms with E-state index in [1.54, 1.807) is 0 Å². The van der Waals surface area contributed by atoms with Crippen LogP contribution in [0.1, 0.15) is 34.2 Å². The summed E-state index contributed by atoms with van der Waals surface area (Å²) >= 11 is 0. The molecule has 4 rings (SSSR count). The molecule has 0 aromatic heterocycles. The Balaban J connectivity index is 1.61. The molecule has 0 saturated carbocycles. The van der Waals surface area contributed by atoms with Gasteiger partial charge in [-0.3, -0.25) is 19.4 Å². The highest BCUT2D eigenvalue weighted by molar-refractivity contribution is 6.36. The summed E-state index contributed by atoms with van der Waals surface area (Å²) in [6, 6.07) is 12.0. The molecule has 1 N–H and O–H groups in total. The Morgan fingerprint density at radius 2 is 1.61 bits per heavy atom. The van der Waals surface area contributed by atoms with Crippen molar-refractivity contribution in [2.24, 2.45) is 0 Å². The van der Waals surface area contributed by atoms with Crippen LogP contribution >= 0.6 is 0 Å². The Morgan fingerprint density at radius 3 is 2.30 bits per heavy atom. The van der Waals surface area contributed by atoms with Gasteiger partial charge in [0.15, 0.2) is 0 Å². The van der Waals surface area contributed by atoms with Crippen molar-refractivity contribution in [2.45, 2.75) is 34.1 Å². The van der Waals surface area contributed by atoms with Gasteiger partial charge in [-0.05, 0) is 68.5 Å². The van der Waals surface area contributed by atoms with Gasteiger partial charge >= 0.3 is 0 Å². The molecule has 33 heavy (non-hydrogen) atoms. The third-order valence-corrected chi connectivity index (χ3v) is 6.56. The molecule has 0 atom stereocenters. The minimum atomic E-state index is -0.254. The molecule has 1 fully saturated rings. The summed E-state index contributed by atoms with van der Waals surface area (Å²) in [4.78, 5) is 30.7. The Morgan fingerprint density at radius 1 is 0.848 bits per heavy atom. The van der Waals surface area contributed by atoms with E-state index in [4.69, 9.17) is 4.74 Å². The van der Waals surface area contributed by atoms with Crippen LogP contribution in [0.5, 0.6) is 0 Å². The first kappa shape index (κ1) is 23.2. The quantitative estimate of drug-likeness (QED) is 0.654. The number of aryl methyl sites for hydroxylation is 4. The number of amides is 2. The maximum atomic E-state index is 13.5. The lowest BCUT2D eigenvalue weighted by atomic mass is 9.97. The lowest BCUT2D eigenvalue weighted by molar-refractivity contribution is -0.136. The molecule has 0 unspecified atom stereocenters. The summed E-state index contributed by atoms with van der Waals surface area (Å²) in [5, 5.41) is 3.29. The number of carbonyl (C=O) groups is 2. The number of morpholine rings is 1. The van der Waals surface area contributed by atoms with Gasteiger partial charge in [-0.15, -0.1) is 0 Å². The first-order valence-electron chi connectivity index (χ1n) is 11.7. The molecular weight excluding hydrogens is 414 g/mol. The molecule has 2 heterocycles. The molecule has 6 nitrogen and oxygen atoms in total. The van der Waals surface area contributed by atoms with E-state index < -0.39 is 0 Å². The normalized spacial score (nSPS) is 17.3. The number of benzene rings is 2. The van der Waals surface area contributed by atoms with Crippen LogP contribution in [0.2, 0.25) is 0 Å². The number of carbonyl (C=O) groups excluding carboxylic acids is 2. The highest BCUT2D eigenvalue weighted by Crippen LogP contribution is 2.33. The fraction of sp³-hybridized carbons (Fsp3) is 0.407. The van der Waals surface area contributed by atoms with E-state index in [2.05, 4.69) is 23.2 Å². The van der Waals surface area contributed by atoms with Gasteiger partial charge in [0.25, 0.3) is 11.8 Å². The summed E-state index contributed by atoms with van der Waals surface area (Å²) < 4.78 is 5.41. The number of anilines is 1. The Labute approximate surface area is 196 Å². The van der Waals surface area contributed by atoms with Crippen molar-refractivity contribution in [3.05, 3.63) is 69.9 Å². The topological polar surface area (TPSA) is 61.9 Å². The number of hydrogen-bond donors (Lipinski definition) is 1. The molecule has 2 aliphatic heterocycles. The van der Waals surface area contributed by atoms with E-state index in [1.165, 1.54) is 10.5 Å². The number of rotatable bonds is 7. The van der Waals surface area contributed by atoms with Crippen LogP contribution in [0.25, 0.3) is 5.57 Å². The first-order chi connectivity index (χ1) is 15.8. The van der Waals surface area contributed by atoms with Crippen molar-refractivity contribution in [3.8, 4) is 0 Å². The molecule has 0 spiro atoms. The van der Waals surface area contributed by atoms with Crippen LogP contribution in [-0.4, -0.2) is 61.0 Å². The van der Waals surface area contributed by atoms with E-state index >= 15 is 0 Å². The fourth-order valence-corrected chi connectivity index (χ4v) is 4.48. The first-order valence-corrected chi connectivity index (χ1v) is 11.7. The predicted octanol–water partition coefficient (Wildman–Crippen LogP) is 3.83. The van der Waals surface area contributed by atoms with Gasteiger partial charge in [0.2, 0.25) is 0 Å². The van der Waals surface area contributed by atoms with Gasteiger partial charge in [-0.1, -0.05) is 29.8 Å². The van der Waals surface area contributed by atoms with Crippen molar-refractivity contribution in [1.29, 1.82) is 0 Å². The fourth-order valence-electron chi connectivity index (χ4n) is 4.48. The lowest BCUT2D eigenvalue weighted by Gasteiger charge is -2.27. The zero-order chi connectivity index (χ0) is 23.5. The van der Waals surface area contributed by atoms with Crippen LogP contribution in [0.15, 0.2) is 42.1 Å². The summed E-state index contributed by atoms with van der Waals surface area (Å²) in [5.41, 5.74) is 6.87. The van der Waals surface area contributed by atoms with E-state index in [0.29, 0.717) is 17.8 Å². The van der Waals surface area contributed by atoms with Crippen LogP contribution in [-0.2, 0) is 14.3 Å². The minimum absolute atomic E-state index is 0.222. The van der Waals surface area contributed by atoms with Gasteiger partial charge in [0, 0.05) is 31.9 Å². The van der Waals surface area contributed by atoms with Crippen LogP contribution in [0.4, 0.5) is 5.69 Å². The highest BCUT2D eigenvalue weighted by atomic mass is 16.5. The van der Waals surface area contributed by atoms with Gasteiger partial charge in [0.05, 0.1) is 18.8 Å². The Bertz CT molecular complexity index is 1100. The molecule has 0 bridgehead atoms. The molecule has 2 amide bonds. The van der Waals surface area contributed by atoms with Gasteiger partial charge in [0.1, 0.15) is 5.70 Å². The van der Waals surface area contributed by atoms with Crippen LogP contribution in [0.3, 0.4) is 0 Å². The third-order valence-electron chi connectivity index (χ3n) is 6.56. The van der Waals surface area contributed by atoms with Crippen LogP contribution < -0.4 is 5.32 Å². The average Bonchev–Trinajstić information content (AvgIpc) is 3.01. The lowest BCUT2D eigenvalue weighted by Crippen LogP contribution is -2.39. The molecule has 6 heteroatoms. The third kappa shape index (κ3) is 5.02. The molecule has 0 radical (unpaired) electrons. The molecule has 2 aromatic carbocycles. The second kappa shape index (κ2) is 9.89. The minimum Gasteiger partial charge on any atom is -0.379 e. The van der Waals surface area contributed by atoms with Crippen LogP contribution in [0, 0.1) is 27.7 Å². The summed E-state index contributed by atoms with van der Waals surface area (Å²) in [7, 11) is 0. The number of ether oxygens (including phenoxy) is 1. The van der Waals surface area contributed by atoms with Crippen molar-refractivity contribution >= 4 is 23.1 Å². The second-order valence-corrected chi connectivity index (χ2v) is 9.06. The van der Waals surface area contributed by atoms with Gasteiger partial charge in [-0.25, -0.2) is 0 Å². The molecule has 0 aliphatic carbocycles. The zero-order valence-corrected chi connectivity index (χ0v) is 20.0. The molecule has 2 aromatic rings. The molecule has 2 aliphatic rings. The largest absolute Gasteiger partial charge is 0.379 e. The maximum Gasteiger partial charge on any atom is 0.278 e. The standard InChI is InChI=1S/C27H33N3O3/c1-18-6-9-23(21(4)16-18)24-25(28-22-8-7-19(2)20(3)17-22)27(32)30(26(24)31)11-5-10-29-12-14-33-15-13-29/h6-9,16-17,28H,5,10-15H2,1-4H3. The van der Waals surface area contributed by atoms with Gasteiger partial charge < -0.3 is 10.1 Å². The number of hydrogen-bond acceptors (Lipinski definition) is 5. The second-order valence-electron chi connectivity index (χ2n) is 9.06. The number of nitrogens with one attached hydrogen (secondary N) is 1. The Hall–Kier alpha value is -2.96. The summed E-state index contributed by atoms with van der Waals surface area (Å²) in [6.45, 7) is 12.6. The van der Waals surface area contributed by atoms with E-state index in [-0.39, 0.29) is 11.8 Å². The van der Waals surface area contributed by atoms with E-state index in [0.717, 1.165) is 67.2 Å². The predicted molar refractivity (Wildman–Crippen MR) is 131 cm³/mol. The van der Waals surface area contributed by atoms with Gasteiger partial charge in [-0.2, -0.15) is 0 Å². The van der Waals surface area contributed by atoms with Crippen molar-refractivity contribution < 1.29 is 14.3 Å². The van der Waals surface area contributed by atoms with E-state index in [1.807, 2.05) is 51.1 Å². The van der Waals surface area contributed by atoms with Crippen molar-refractivity contribution in [2.75, 3.05) is 44.7 Å². The monoisotopic (exact) mass is 447 g/mol. The average molecular weight is 448 g/mol. The molecular formula is C27H33N3O3. The smallest absolute Gasteiger partial charge is 0.278 e.